The summed E-state index contributed by atoms with van der Waals surface area (Å²) in [6, 6.07) is 16.2. The molecule has 20 nitrogen and oxygen atoms in total. The molecule has 2 unspecified atom stereocenters. The van der Waals surface area contributed by atoms with E-state index in [9.17, 15) is 33.9 Å². The van der Waals surface area contributed by atoms with Crippen molar-refractivity contribution in [2.45, 2.75) is 100 Å². The van der Waals surface area contributed by atoms with Gasteiger partial charge in [-0.1, -0.05) is 60.7 Å². The van der Waals surface area contributed by atoms with Crippen molar-refractivity contribution in [3.8, 4) is 0 Å². The van der Waals surface area contributed by atoms with Crippen molar-refractivity contribution in [3.05, 3.63) is 82.2 Å². The van der Waals surface area contributed by atoms with Crippen LogP contribution >= 0.6 is 0 Å². The van der Waals surface area contributed by atoms with Crippen LogP contribution in [0.15, 0.2) is 65.8 Å². The maximum atomic E-state index is 13.0. The summed E-state index contributed by atoms with van der Waals surface area (Å²) in [7, 11) is 0. The van der Waals surface area contributed by atoms with Gasteiger partial charge in [-0.3, -0.25) is 19.2 Å². The van der Waals surface area contributed by atoms with Crippen LogP contribution in [0, 0.1) is 11.8 Å². The molecule has 2 aromatic carbocycles. The normalized spacial score (nSPS) is 27.2. The van der Waals surface area contributed by atoms with Crippen LogP contribution in [0.25, 0.3) is 10.4 Å². The summed E-state index contributed by atoms with van der Waals surface area (Å²) in [5, 5.41) is 18.3. The van der Waals surface area contributed by atoms with Crippen LogP contribution in [-0.2, 0) is 60.8 Å². The average Bonchev–Trinajstić information content (AvgIpc) is 4.10. The maximum absolute atomic E-state index is 13.0. The number of nitrogens with one attached hydrogen (secondary N) is 2. The number of hydrogen-bond acceptors (Lipinski definition) is 12. The van der Waals surface area contributed by atoms with E-state index in [1.165, 1.54) is 0 Å². The summed E-state index contributed by atoms with van der Waals surface area (Å²) >= 11 is 0. The highest BCUT2D eigenvalue weighted by Gasteiger charge is 2.53. The zero-order valence-corrected chi connectivity index (χ0v) is 34.1. The molecule has 5 amide bonds. The summed E-state index contributed by atoms with van der Waals surface area (Å²) in [5.41, 5.74) is 10.4. The number of amides is 5. The lowest BCUT2D eigenvalue weighted by molar-refractivity contribution is -0.202. The van der Waals surface area contributed by atoms with Crippen molar-refractivity contribution in [2.75, 3.05) is 39.5 Å². The molecule has 3 N–H and O–H groups in total. The minimum atomic E-state index is -0.968. The highest BCUT2D eigenvalue weighted by atomic mass is 16.7. The fourth-order valence-electron chi connectivity index (χ4n) is 9.32. The van der Waals surface area contributed by atoms with Gasteiger partial charge in [0.1, 0.15) is 25.3 Å². The minimum absolute atomic E-state index is 0.102. The van der Waals surface area contributed by atoms with E-state index in [2.05, 4.69) is 20.7 Å². The predicted molar refractivity (Wildman–Crippen MR) is 213 cm³/mol. The Hall–Kier alpha value is -5.79. The number of nitrogens with zero attached hydrogens (tertiary/aromatic N) is 5. The molecule has 62 heavy (non-hydrogen) atoms. The topological polar surface area (TPSA) is 257 Å². The van der Waals surface area contributed by atoms with E-state index < -0.39 is 71.6 Å². The molecular formula is C42H51N7O13. The molecule has 2 saturated carbocycles. The second-order valence-corrected chi connectivity index (χ2v) is 16.1. The number of ether oxygens (including phenoxy) is 6. The first-order valence-electron chi connectivity index (χ1n) is 20.9. The Kier molecular flexibility index (Phi) is 14.2. The first-order valence-corrected chi connectivity index (χ1v) is 20.9. The third-order valence-electron chi connectivity index (χ3n) is 12.3. The molecule has 4 heterocycles. The standard InChI is InChI=1S/C21H25N5O6.C21H26N2O7/c22-25-24-18(27)15-12-21(31-10-11-32-21)8-6-17(15)26-9-7-16(19(26)28)23-20(29)30-13-14-4-2-1-3-5-14;24-18-16(22-20(27)28-13-14-4-2-1-3-5-14)7-9-23(18)17-6-8-21(29-10-11-30-21)12-15(17)19(25)26/h1-5,15-17H,6-13H2,(H,23,29);1-5,15-17H,6-13H2,(H,22,27)(H,25,26)/t2*15-,16+,17?/m11/s1. The number of likely N-dealkylation sites (tertiary alicyclic amines) is 2. The highest BCUT2D eigenvalue weighted by molar-refractivity contribution is 5.89. The molecule has 4 aliphatic heterocycles. The van der Waals surface area contributed by atoms with Crippen LogP contribution < -0.4 is 10.6 Å². The van der Waals surface area contributed by atoms with Crippen LogP contribution in [0.4, 0.5) is 9.59 Å². The van der Waals surface area contributed by atoms with Crippen molar-refractivity contribution < 1.29 is 62.3 Å². The minimum Gasteiger partial charge on any atom is -0.481 e. The molecule has 0 bridgehead atoms. The number of carboxylic acid groups (broad SMARTS) is 1. The monoisotopic (exact) mass is 861 g/mol. The van der Waals surface area contributed by atoms with E-state index in [4.69, 9.17) is 34.0 Å². The molecule has 0 aromatic heterocycles. The number of hydrogen-bond donors (Lipinski definition) is 3. The fraction of sp³-hybridized carbons (Fsp3) is 0.571. The van der Waals surface area contributed by atoms with Crippen LogP contribution in [0.2, 0.25) is 0 Å². The highest BCUT2D eigenvalue weighted by Crippen LogP contribution is 2.43. The van der Waals surface area contributed by atoms with E-state index in [1.54, 1.807) is 9.80 Å². The number of benzene rings is 2. The number of rotatable bonds is 10. The van der Waals surface area contributed by atoms with Gasteiger partial charge in [-0.15, -0.1) is 0 Å². The van der Waals surface area contributed by atoms with Gasteiger partial charge in [-0.2, -0.15) is 0 Å². The van der Waals surface area contributed by atoms with Gasteiger partial charge in [0.2, 0.25) is 17.7 Å². The quantitative estimate of drug-likeness (QED) is 0.175. The molecule has 2 aromatic rings. The number of azide groups is 1. The summed E-state index contributed by atoms with van der Waals surface area (Å²) < 4.78 is 33.2. The van der Waals surface area contributed by atoms with Gasteiger partial charge in [-0.05, 0) is 47.5 Å². The lowest BCUT2D eigenvalue weighted by Crippen LogP contribution is -2.54. The maximum Gasteiger partial charge on any atom is 0.408 e. The zero-order chi connectivity index (χ0) is 43.7. The van der Waals surface area contributed by atoms with E-state index >= 15 is 0 Å². The smallest absolute Gasteiger partial charge is 0.408 e. The van der Waals surface area contributed by atoms with Gasteiger partial charge in [0.05, 0.1) is 32.3 Å². The Labute approximate surface area is 357 Å². The second-order valence-electron chi connectivity index (χ2n) is 16.1. The van der Waals surface area contributed by atoms with Gasteiger partial charge in [0, 0.05) is 61.7 Å². The summed E-state index contributed by atoms with van der Waals surface area (Å²) in [6.45, 7) is 2.77. The van der Waals surface area contributed by atoms with E-state index in [0.29, 0.717) is 78.0 Å². The number of alkyl carbamates (subject to hydrolysis) is 2. The Bertz CT molecular complexity index is 1990. The first kappa shape index (κ1) is 44.3. The second kappa shape index (κ2) is 19.9. The van der Waals surface area contributed by atoms with E-state index in [0.717, 1.165) is 11.1 Å². The van der Waals surface area contributed by atoms with Crippen molar-refractivity contribution in [1.82, 2.24) is 20.4 Å². The van der Waals surface area contributed by atoms with E-state index in [-0.39, 0.29) is 37.9 Å². The molecule has 4 saturated heterocycles. The lowest BCUT2D eigenvalue weighted by Gasteiger charge is -2.43. The lowest BCUT2D eigenvalue weighted by atomic mass is 9.79. The van der Waals surface area contributed by atoms with E-state index in [1.807, 2.05) is 60.7 Å². The van der Waals surface area contributed by atoms with Crippen molar-refractivity contribution in [1.29, 1.82) is 0 Å². The Balaban J connectivity index is 0.000000187. The van der Waals surface area contributed by atoms with Crippen molar-refractivity contribution in [2.24, 2.45) is 17.0 Å². The van der Waals surface area contributed by atoms with Gasteiger partial charge in [-0.25, -0.2) is 9.59 Å². The molecule has 8 rings (SSSR count). The zero-order valence-electron chi connectivity index (χ0n) is 34.1. The Morgan fingerprint density at radius 1 is 0.694 bits per heavy atom. The molecular weight excluding hydrogens is 810 g/mol. The molecule has 6 fully saturated rings. The van der Waals surface area contributed by atoms with Crippen molar-refractivity contribution >= 4 is 35.9 Å². The third-order valence-corrected chi connectivity index (χ3v) is 12.3. The SMILES string of the molecule is O=C(N[C@H]1CCN(C2CCC3(C[C@H]2C(=O)O)OCCO3)C1=O)OCc1ccccc1.[N-]=[N+]=NC(=O)[C@@H]1CC2(CCC1N1CC[C@H](NC(=O)OCc3ccccc3)C1=O)OCCO2. The Morgan fingerprint density at radius 2 is 1.11 bits per heavy atom. The molecule has 2 aliphatic carbocycles. The Morgan fingerprint density at radius 3 is 1.53 bits per heavy atom. The number of aliphatic carboxylic acids is 1. The van der Waals surface area contributed by atoms with Gasteiger partial charge in [0.15, 0.2) is 11.6 Å². The summed E-state index contributed by atoms with van der Waals surface area (Å²) in [6.07, 6.45) is 1.93. The molecule has 0 radical (unpaired) electrons. The predicted octanol–water partition coefficient (Wildman–Crippen LogP) is 3.77. The van der Waals surface area contributed by atoms with Gasteiger partial charge >= 0.3 is 18.2 Å². The molecule has 332 valence electrons. The van der Waals surface area contributed by atoms with Crippen LogP contribution in [0.5, 0.6) is 0 Å². The summed E-state index contributed by atoms with van der Waals surface area (Å²) in [4.78, 5) is 80.5. The fourth-order valence-corrected chi connectivity index (χ4v) is 9.32. The third kappa shape index (κ3) is 10.4. The molecule has 20 heteroatoms. The average molecular weight is 862 g/mol. The number of carbonyl (C=O) groups excluding carboxylic acids is 5. The van der Waals surface area contributed by atoms with Crippen LogP contribution in [-0.4, -0.2) is 126 Å². The molecule has 2 spiro atoms. The van der Waals surface area contributed by atoms with Crippen molar-refractivity contribution in [3.63, 3.8) is 0 Å². The number of carboxylic acids is 1. The molecule has 6 atom stereocenters. The summed E-state index contributed by atoms with van der Waals surface area (Å²) in [5.74, 6) is -5.38. The molecule has 6 aliphatic rings. The number of carbonyl (C=O) groups is 6. The van der Waals surface area contributed by atoms with Crippen LogP contribution in [0.3, 0.4) is 0 Å². The van der Waals surface area contributed by atoms with Crippen LogP contribution in [0.1, 0.15) is 62.5 Å². The van der Waals surface area contributed by atoms with Gasteiger partial charge in [0.25, 0.3) is 0 Å². The first-order chi connectivity index (χ1) is 30.0. The largest absolute Gasteiger partial charge is 0.481 e. The van der Waals surface area contributed by atoms with Gasteiger partial charge < -0.3 is 54.0 Å².